The van der Waals surface area contributed by atoms with Crippen molar-refractivity contribution < 1.29 is 47.7 Å². The first kappa shape index (κ1) is 34.3. The van der Waals surface area contributed by atoms with Gasteiger partial charge in [0.2, 0.25) is 6.10 Å². The van der Waals surface area contributed by atoms with Gasteiger partial charge < -0.3 is 23.7 Å². The highest BCUT2D eigenvalue weighted by molar-refractivity contribution is 5.90. The van der Waals surface area contributed by atoms with Crippen molar-refractivity contribution in [3.63, 3.8) is 0 Å². The van der Waals surface area contributed by atoms with E-state index in [1.807, 2.05) is 13.8 Å². The van der Waals surface area contributed by atoms with E-state index in [0.717, 1.165) is 25.4 Å². The zero-order valence-electron chi connectivity index (χ0n) is 22.9. The number of hydrogen-bond donors (Lipinski definition) is 0. The Bertz CT molecular complexity index is 915. The first-order valence-corrected chi connectivity index (χ1v) is 12.2. The van der Waals surface area contributed by atoms with Gasteiger partial charge in [0.1, 0.15) is 19.1 Å². The second-order valence-electron chi connectivity index (χ2n) is 8.94. The molecule has 0 spiro atoms. The molecule has 0 aromatic rings. The van der Waals surface area contributed by atoms with Gasteiger partial charge in [-0.2, -0.15) is 0 Å². The third-order valence-corrected chi connectivity index (χ3v) is 5.24. The van der Waals surface area contributed by atoms with Crippen molar-refractivity contribution in [1.29, 1.82) is 0 Å². The minimum Gasteiger partial charge on any atom is -0.466 e. The molecule has 0 fully saturated rings. The molecule has 0 saturated heterocycles. The zero-order chi connectivity index (χ0) is 29.3. The lowest BCUT2D eigenvalue weighted by atomic mass is 9.94. The molecule has 38 heavy (non-hydrogen) atoms. The largest absolute Gasteiger partial charge is 0.466 e. The van der Waals surface area contributed by atoms with Gasteiger partial charge in [-0.15, -0.1) is 13.2 Å². The van der Waals surface area contributed by atoms with Crippen molar-refractivity contribution in [2.24, 2.45) is 5.92 Å². The van der Waals surface area contributed by atoms with Crippen LogP contribution in [0.1, 0.15) is 58.8 Å². The molecule has 0 radical (unpaired) electrons. The first-order chi connectivity index (χ1) is 17.8. The van der Waals surface area contributed by atoms with Crippen LogP contribution in [-0.2, 0) is 47.7 Å². The molecule has 0 aliphatic heterocycles. The highest BCUT2D eigenvalue weighted by Gasteiger charge is 2.39. The SMILES string of the molecule is C=C(C)CCCCC(C(=O)OCC(=C)C(=O)OC)C(OC(=O)CCCC(=C)C)C(=O)OCC(=C)C(=O)OC. The monoisotopic (exact) mass is 536 g/mol. The Morgan fingerprint density at radius 2 is 1.13 bits per heavy atom. The summed E-state index contributed by atoms with van der Waals surface area (Å²) in [5, 5.41) is 0. The second-order valence-corrected chi connectivity index (χ2v) is 8.94. The predicted molar refractivity (Wildman–Crippen MR) is 140 cm³/mol. The van der Waals surface area contributed by atoms with Crippen LogP contribution in [0.3, 0.4) is 0 Å². The molecule has 212 valence electrons. The maximum atomic E-state index is 13.1. The molecular formula is C28H40O10. The van der Waals surface area contributed by atoms with E-state index in [4.69, 9.17) is 14.2 Å². The van der Waals surface area contributed by atoms with Gasteiger partial charge in [-0.1, -0.05) is 30.7 Å². The predicted octanol–water partition coefficient (Wildman–Crippen LogP) is 3.94. The summed E-state index contributed by atoms with van der Waals surface area (Å²) in [7, 11) is 2.30. The number of rotatable bonds is 19. The fraction of sp³-hybridized carbons (Fsp3) is 0.536. The summed E-state index contributed by atoms with van der Waals surface area (Å²) in [4.78, 5) is 61.9. The molecule has 0 aliphatic carbocycles. The maximum Gasteiger partial charge on any atom is 0.348 e. The number of methoxy groups -OCH3 is 2. The van der Waals surface area contributed by atoms with E-state index in [1.165, 1.54) is 0 Å². The van der Waals surface area contributed by atoms with Gasteiger partial charge in [0.25, 0.3) is 0 Å². The summed E-state index contributed by atoms with van der Waals surface area (Å²) < 4.78 is 24.9. The molecule has 0 heterocycles. The van der Waals surface area contributed by atoms with Gasteiger partial charge in [0.05, 0.1) is 25.4 Å². The van der Waals surface area contributed by atoms with Crippen LogP contribution in [0.15, 0.2) is 48.6 Å². The van der Waals surface area contributed by atoms with Crippen LogP contribution in [0.25, 0.3) is 0 Å². The second kappa shape index (κ2) is 18.5. The van der Waals surface area contributed by atoms with Gasteiger partial charge in [-0.05, 0) is 46.0 Å². The zero-order valence-corrected chi connectivity index (χ0v) is 22.9. The van der Waals surface area contributed by atoms with Crippen molar-refractivity contribution in [2.75, 3.05) is 27.4 Å². The maximum absolute atomic E-state index is 13.1. The minimum absolute atomic E-state index is 0.0257. The Labute approximate surface area is 224 Å². The van der Waals surface area contributed by atoms with E-state index >= 15 is 0 Å². The molecule has 0 aromatic carbocycles. The van der Waals surface area contributed by atoms with Crippen molar-refractivity contribution in [2.45, 2.75) is 64.9 Å². The highest BCUT2D eigenvalue weighted by atomic mass is 16.6. The molecule has 0 aliphatic rings. The van der Waals surface area contributed by atoms with Gasteiger partial charge in [0, 0.05) is 6.42 Å². The van der Waals surface area contributed by atoms with Gasteiger partial charge in [-0.3, -0.25) is 9.59 Å². The number of allylic oxidation sites excluding steroid dienone is 2. The first-order valence-electron chi connectivity index (χ1n) is 12.2. The Morgan fingerprint density at radius 1 is 0.658 bits per heavy atom. The third-order valence-electron chi connectivity index (χ3n) is 5.24. The number of esters is 5. The molecule has 0 amide bonds. The summed E-state index contributed by atoms with van der Waals surface area (Å²) in [6.45, 7) is 17.3. The lowest BCUT2D eigenvalue weighted by Gasteiger charge is -2.25. The number of hydrogen-bond acceptors (Lipinski definition) is 10. The van der Waals surface area contributed by atoms with Crippen molar-refractivity contribution in [1.82, 2.24) is 0 Å². The Kier molecular flexibility index (Phi) is 16.7. The Morgan fingerprint density at radius 3 is 1.61 bits per heavy atom. The average molecular weight is 537 g/mol. The average Bonchev–Trinajstić information content (AvgIpc) is 2.87. The smallest absolute Gasteiger partial charge is 0.348 e. The summed E-state index contributed by atoms with van der Waals surface area (Å²) in [6.07, 6.45) is 1.23. The molecule has 10 heteroatoms. The summed E-state index contributed by atoms with van der Waals surface area (Å²) in [5.74, 6) is -5.49. The summed E-state index contributed by atoms with van der Waals surface area (Å²) in [5.41, 5.74) is 1.55. The summed E-state index contributed by atoms with van der Waals surface area (Å²) >= 11 is 0. The number of unbranched alkanes of at least 4 members (excludes halogenated alkanes) is 1. The van der Waals surface area contributed by atoms with Crippen LogP contribution in [0, 0.1) is 5.92 Å². The Hall–Kier alpha value is -3.69. The summed E-state index contributed by atoms with van der Waals surface area (Å²) in [6, 6.07) is 0. The van der Waals surface area contributed by atoms with E-state index in [0.29, 0.717) is 32.1 Å². The standard InChI is InChI=1S/C28H40O10/c1-18(2)12-9-10-14-22(27(32)36-16-20(5)25(30)34-7)24(38-23(29)15-11-13-19(3)4)28(33)37-17-21(6)26(31)35-8/h22,24H,1,3,5-6,9-17H2,2,4,7-8H3. The van der Waals surface area contributed by atoms with Crippen LogP contribution in [-0.4, -0.2) is 63.4 Å². The van der Waals surface area contributed by atoms with Gasteiger partial charge >= 0.3 is 29.8 Å². The van der Waals surface area contributed by atoms with Gasteiger partial charge in [-0.25, -0.2) is 14.4 Å². The van der Waals surface area contributed by atoms with Crippen LogP contribution >= 0.6 is 0 Å². The Balaban J connectivity index is 5.86. The van der Waals surface area contributed by atoms with Crippen molar-refractivity contribution in [3.05, 3.63) is 48.6 Å². The van der Waals surface area contributed by atoms with E-state index in [1.54, 1.807) is 0 Å². The fourth-order valence-corrected chi connectivity index (χ4v) is 3.13. The van der Waals surface area contributed by atoms with Crippen LogP contribution in [0.5, 0.6) is 0 Å². The van der Waals surface area contributed by atoms with Gasteiger partial charge in [0.15, 0.2) is 0 Å². The third kappa shape index (κ3) is 14.2. The molecule has 0 N–H and O–H groups in total. The number of carbonyl (C=O) groups is 5. The van der Waals surface area contributed by atoms with Crippen LogP contribution in [0.4, 0.5) is 0 Å². The highest BCUT2D eigenvalue weighted by Crippen LogP contribution is 2.23. The quantitative estimate of drug-likeness (QED) is 0.0786. The van der Waals surface area contributed by atoms with E-state index < -0.39 is 55.1 Å². The lowest BCUT2D eigenvalue weighted by molar-refractivity contribution is -0.178. The lowest BCUT2D eigenvalue weighted by Crippen LogP contribution is -2.41. The topological polar surface area (TPSA) is 132 Å². The molecule has 10 nitrogen and oxygen atoms in total. The molecule has 2 atom stereocenters. The van der Waals surface area contributed by atoms with Crippen molar-refractivity contribution in [3.8, 4) is 0 Å². The number of carbonyl (C=O) groups excluding carboxylic acids is 5. The molecule has 0 aromatic heterocycles. The van der Waals surface area contributed by atoms with Crippen LogP contribution in [0.2, 0.25) is 0 Å². The number of ether oxygens (including phenoxy) is 5. The molecular weight excluding hydrogens is 496 g/mol. The van der Waals surface area contributed by atoms with E-state index in [2.05, 4.69) is 35.8 Å². The molecule has 0 bridgehead atoms. The van der Waals surface area contributed by atoms with Crippen molar-refractivity contribution >= 4 is 29.8 Å². The normalized spacial score (nSPS) is 11.8. The molecule has 2 unspecified atom stereocenters. The van der Waals surface area contributed by atoms with E-state index in [-0.39, 0.29) is 24.0 Å². The van der Waals surface area contributed by atoms with Crippen LogP contribution < -0.4 is 0 Å². The molecule has 0 rings (SSSR count). The minimum atomic E-state index is -1.67. The van der Waals surface area contributed by atoms with E-state index in [9.17, 15) is 24.0 Å². The molecule has 0 saturated carbocycles. The fourth-order valence-electron chi connectivity index (χ4n) is 3.13.